The number of nitriles is 1. The molecule has 0 amide bonds. The summed E-state index contributed by atoms with van der Waals surface area (Å²) in [6.45, 7) is 2.28. The van der Waals surface area contributed by atoms with Crippen LogP contribution in [0, 0.1) is 11.3 Å². The van der Waals surface area contributed by atoms with Gasteiger partial charge in [0.1, 0.15) is 6.07 Å². The lowest BCUT2D eigenvalue weighted by Crippen LogP contribution is -2.27. The van der Waals surface area contributed by atoms with Crippen LogP contribution in [0.25, 0.3) is 0 Å². The third-order valence-corrected chi connectivity index (χ3v) is 3.81. The van der Waals surface area contributed by atoms with Crippen molar-refractivity contribution in [1.82, 2.24) is 4.90 Å². The van der Waals surface area contributed by atoms with Gasteiger partial charge in [-0.1, -0.05) is 0 Å². The first-order chi connectivity index (χ1) is 8.76. The van der Waals surface area contributed by atoms with Crippen LogP contribution in [0.2, 0.25) is 0 Å². The van der Waals surface area contributed by atoms with Crippen molar-refractivity contribution >= 4 is 11.4 Å². The van der Waals surface area contributed by atoms with Gasteiger partial charge in [-0.15, -0.1) is 0 Å². The zero-order valence-corrected chi connectivity index (χ0v) is 10.4. The number of nitrogens with one attached hydrogen (secondary N) is 1. The maximum atomic E-state index is 9.11. The Morgan fingerprint density at radius 3 is 2.89 bits per heavy atom. The number of anilines is 2. The topological polar surface area (TPSA) is 65.1 Å². The van der Waals surface area contributed by atoms with Crippen molar-refractivity contribution in [3.05, 3.63) is 23.8 Å². The molecule has 1 atom stereocenters. The standard InChI is InChI=1S/C14H18N4/c15-8-10-7-11(16)1-4-14(10)17-12-5-6-18(9-12)13-2-3-13/h1,4,7,12-13,17H,2-3,5-6,9,16H2. The minimum atomic E-state index is 0.460. The van der Waals surface area contributed by atoms with Gasteiger partial charge in [0, 0.05) is 30.9 Å². The van der Waals surface area contributed by atoms with Gasteiger partial charge in [-0.2, -0.15) is 5.26 Å². The molecule has 94 valence electrons. The SMILES string of the molecule is N#Cc1cc(N)ccc1NC1CCN(C2CC2)C1. The number of nitrogens with zero attached hydrogens (tertiary/aromatic N) is 2. The van der Waals surface area contributed by atoms with Crippen molar-refractivity contribution in [3.63, 3.8) is 0 Å². The highest BCUT2D eigenvalue weighted by Gasteiger charge is 2.34. The molecule has 1 aromatic rings. The molecule has 0 radical (unpaired) electrons. The summed E-state index contributed by atoms with van der Waals surface area (Å²) in [5, 5.41) is 12.6. The van der Waals surface area contributed by atoms with Crippen molar-refractivity contribution in [2.45, 2.75) is 31.3 Å². The first kappa shape index (κ1) is 11.4. The van der Waals surface area contributed by atoms with Gasteiger partial charge in [0.15, 0.2) is 0 Å². The largest absolute Gasteiger partial charge is 0.399 e. The van der Waals surface area contributed by atoms with Gasteiger partial charge in [-0.25, -0.2) is 0 Å². The highest BCUT2D eigenvalue weighted by Crippen LogP contribution is 2.31. The molecule has 2 fully saturated rings. The Bertz CT molecular complexity index is 487. The summed E-state index contributed by atoms with van der Waals surface area (Å²) in [5.41, 5.74) is 7.89. The van der Waals surface area contributed by atoms with Crippen LogP contribution in [0.1, 0.15) is 24.8 Å². The van der Waals surface area contributed by atoms with Crippen molar-refractivity contribution < 1.29 is 0 Å². The molecule has 1 unspecified atom stereocenters. The van der Waals surface area contributed by atoms with Gasteiger partial charge in [0.2, 0.25) is 0 Å². The van der Waals surface area contributed by atoms with Crippen LogP contribution in [0.4, 0.5) is 11.4 Å². The van der Waals surface area contributed by atoms with Crippen LogP contribution >= 0.6 is 0 Å². The van der Waals surface area contributed by atoms with Crippen LogP contribution in [-0.2, 0) is 0 Å². The maximum absolute atomic E-state index is 9.11. The Morgan fingerprint density at radius 2 is 2.17 bits per heavy atom. The Hall–Kier alpha value is -1.73. The van der Waals surface area contributed by atoms with Gasteiger partial charge in [-0.3, -0.25) is 4.90 Å². The zero-order valence-electron chi connectivity index (χ0n) is 10.4. The molecule has 0 spiro atoms. The monoisotopic (exact) mass is 242 g/mol. The molecule has 0 aromatic heterocycles. The highest BCUT2D eigenvalue weighted by atomic mass is 15.2. The van der Waals surface area contributed by atoms with E-state index in [0.717, 1.165) is 24.7 Å². The third kappa shape index (κ3) is 2.27. The Morgan fingerprint density at radius 1 is 1.33 bits per heavy atom. The average molecular weight is 242 g/mol. The predicted octanol–water partition coefficient (Wildman–Crippen LogP) is 1.79. The molecular weight excluding hydrogens is 224 g/mol. The van der Waals surface area contributed by atoms with Crippen molar-refractivity contribution in [2.75, 3.05) is 24.1 Å². The van der Waals surface area contributed by atoms with E-state index in [4.69, 9.17) is 11.0 Å². The molecule has 1 saturated heterocycles. The summed E-state index contributed by atoms with van der Waals surface area (Å²) in [6.07, 6.45) is 3.88. The van der Waals surface area contributed by atoms with Crippen LogP contribution in [0.3, 0.4) is 0 Å². The number of rotatable bonds is 3. The van der Waals surface area contributed by atoms with Crippen molar-refractivity contribution in [1.29, 1.82) is 5.26 Å². The van der Waals surface area contributed by atoms with Crippen LogP contribution in [0.5, 0.6) is 0 Å². The van der Waals surface area contributed by atoms with Crippen molar-refractivity contribution in [2.24, 2.45) is 0 Å². The molecule has 4 heteroatoms. The molecule has 18 heavy (non-hydrogen) atoms. The second-order valence-electron chi connectivity index (χ2n) is 5.27. The lowest BCUT2D eigenvalue weighted by Gasteiger charge is -2.17. The van der Waals surface area contributed by atoms with E-state index in [0.29, 0.717) is 17.3 Å². The van der Waals surface area contributed by atoms with E-state index in [1.165, 1.54) is 19.4 Å². The molecule has 3 rings (SSSR count). The van der Waals surface area contributed by atoms with E-state index in [1.807, 2.05) is 12.1 Å². The van der Waals surface area contributed by atoms with Gasteiger partial charge >= 0.3 is 0 Å². The Labute approximate surface area is 107 Å². The summed E-state index contributed by atoms with van der Waals surface area (Å²) in [7, 11) is 0. The van der Waals surface area contributed by atoms with Gasteiger partial charge in [0.05, 0.1) is 11.3 Å². The van der Waals surface area contributed by atoms with E-state index in [2.05, 4.69) is 16.3 Å². The summed E-state index contributed by atoms with van der Waals surface area (Å²) in [4.78, 5) is 2.56. The third-order valence-electron chi connectivity index (χ3n) is 3.81. The highest BCUT2D eigenvalue weighted by molar-refractivity contribution is 5.63. The number of likely N-dealkylation sites (tertiary alicyclic amines) is 1. The molecule has 3 N–H and O–H groups in total. The van der Waals surface area contributed by atoms with E-state index in [9.17, 15) is 0 Å². The molecule has 1 aromatic carbocycles. The number of hydrogen-bond donors (Lipinski definition) is 2. The lowest BCUT2D eigenvalue weighted by molar-refractivity contribution is 0.326. The average Bonchev–Trinajstić information content (AvgIpc) is 3.12. The minimum absolute atomic E-state index is 0.460. The summed E-state index contributed by atoms with van der Waals surface area (Å²) >= 11 is 0. The van der Waals surface area contributed by atoms with E-state index < -0.39 is 0 Å². The first-order valence-electron chi connectivity index (χ1n) is 6.56. The molecule has 4 nitrogen and oxygen atoms in total. The maximum Gasteiger partial charge on any atom is 0.101 e. The van der Waals surface area contributed by atoms with Crippen LogP contribution in [0.15, 0.2) is 18.2 Å². The summed E-state index contributed by atoms with van der Waals surface area (Å²) < 4.78 is 0. The molecule has 2 aliphatic rings. The molecule has 1 saturated carbocycles. The van der Waals surface area contributed by atoms with Gasteiger partial charge in [-0.05, 0) is 37.5 Å². The van der Waals surface area contributed by atoms with Crippen LogP contribution in [-0.4, -0.2) is 30.1 Å². The minimum Gasteiger partial charge on any atom is -0.399 e. The summed E-state index contributed by atoms with van der Waals surface area (Å²) in [5.74, 6) is 0. The second kappa shape index (κ2) is 4.51. The molecule has 1 heterocycles. The van der Waals surface area contributed by atoms with Gasteiger partial charge in [0.25, 0.3) is 0 Å². The van der Waals surface area contributed by atoms with Crippen molar-refractivity contribution in [3.8, 4) is 6.07 Å². The fourth-order valence-electron chi connectivity index (χ4n) is 2.68. The molecule has 0 bridgehead atoms. The predicted molar refractivity (Wildman–Crippen MR) is 72.2 cm³/mol. The molecular formula is C14H18N4. The second-order valence-corrected chi connectivity index (χ2v) is 5.27. The fraction of sp³-hybridized carbons (Fsp3) is 0.500. The molecule has 1 aliphatic heterocycles. The Balaban J connectivity index is 1.67. The zero-order chi connectivity index (χ0) is 12.5. The fourth-order valence-corrected chi connectivity index (χ4v) is 2.68. The Kier molecular flexibility index (Phi) is 2.85. The van der Waals surface area contributed by atoms with Gasteiger partial charge < -0.3 is 11.1 Å². The smallest absolute Gasteiger partial charge is 0.101 e. The van der Waals surface area contributed by atoms with E-state index >= 15 is 0 Å². The number of nitrogen functional groups attached to an aromatic ring is 1. The van der Waals surface area contributed by atoms with E-state index in [-0.39, 0.29) is 0 Å². The lowest BCUT2D eigenvalue weighted by atomic mass is 10.1. The first-order valence-corrected chi connectivity index (χ1v) is 6.56. The van der Waals surface area contributed by atoms with Crippen LogP contribution < -0.4 is 11.1 Å². The molecule has 1 aliphatic carbocycles. The normalized spacial score (nSPS) is 23.8. The summed E-state index contributed by atoms with van der Waals surface area (Å²) in [6, 6.07) is 8.98. The number of nitrogens with two attached hydrogens (primary N) is 1. The van der Waals surface area contributed by atoms with E-state index in [1.54, 1.807) is 6.07 Å². The number of hydrogen-bond acceptors (Lipinski definition) is 4. The quantitative estimate of drug-likeness (QED) is 0.793. The number of benzene rings is 1.